The summed E-state index contributed by atoms with van der Waals surface area (Å²) in [5, 5.41) is 0. The largest absolute Gasteiger partial charge is 0.295 e. The van der Waals surface area contributed by atoms with Gasteiger partial charge < -0.3 is 0 Å². The topological polar surface area (TPSA) is 34.1 Å². The van der Waals surface area contributed by atoms with Crippen LogP contribution in [0.4, 0.5) is 0 Å². The number of allylic oxidation sites excluding steroid dienone is 4. The van der Waals surface area contributed by atoms with Crippen LogP contribution < -0.4 is 0 Å². The molecule has 4 atom stereocenters. The molecule has 0 aromatic rings. The Hall–Kier alpha value is -1.18. The standard InChI is InChI=1S/C19H24O2/c1-11-3-4-14-13(11)5-6-16-15(14)10-18(21)17-9-12(20)7-8-19(16,17)2/h9,14-16H,3-8,10H2,1-2H3/t14?,15?,16?,19-/m1/s1. The van der Waals surface area contributed by atoms with Crippen LogP contribution in [0.1, 0.15) is 58.8 Å². The predicted molar refractivity (Wildman–Crippen MR) is 81.7 cm³/mol. The third kappa shape index (κ3) is 1.77. The van der Waals surface area contributed by atoms with E-state index in [1.54, 1.807) is 17.2 Å². The number of fused-ring (bicyclic) bond motifs is 5. The Labute approximate surface area is 126 Å². The summed E-state index contributed by atoms with van der Waals surface area (Å²) in [5.41, 5.74) is 4.10. The van der Waals surface area contributed by atoms with Gasteiger partial charge in [-0.25, -0.2) is 0 Å². The summed E-state index contributed by atoms with van der Waals surface area (Å²) >= 11 is 0. The molecule has 4 aliphatic rings. The first-order valence-corrected chi connectivity index (χ1v) is 8.47. The Morgan fingerprint density at radius 1 is 1.14 bits per heavy atom. The van der Waals surface area contributed by atoms with Crippen molar-refractivity contribution in [3.8, 4) is 0 Å². The molecule has 0 spiro atoms. The summed E-state index contributed by atoms with van der Waals surface area (Å²) in [6, 6.07) is 0. The van der Waals surface area contributed by atoms with Gasteiger partial charge in [0.05, 0.1) is 0 Å². The lowest BCUT2D eigenvalue weighted by Crippen LogP contribution is -2.49. The molecule has 3 unspecified atom stereocenters. The van der Waals surface area contributed by atoms with E-state index < -0.39 is 0 Å². The number of Topliss-reactive ketones (excluding diaryl/α,β-unsaturated/α-hetero) is 1. The number of carbonyl (C=O) groups is 2. The zero-order valence-corrected chi connectivity index (χ0v) is 13.1. The van der Waals surface area contributed by atoms with Crippen LogP contribution in [0.3, 0.4) is 0 Å². The Kier molecular flexibility index (Phi) is 2.83. The van der Waals surface area contributed by atoms with E-state index in [0.717, 1.165) is 12.0 Å². The second-order valence-corrected chi connectivity index (χ2v) is 7.83. The van der Waals surface area contributed by atoms with Gasteiger partial charge in [-0.3, -0.25) is 9.59 Å². The maximum atomic E-state index is 12.7. The molecule has 0 radical (unpaired) electrons. The van der Waals surface area contributed by atoms with Gasteiger partial charge in [-0.05, 0) is 68.3 Å². The molecule has 4 aliphatic carbocycles. The Morgan fingerprint density at radius 3 is 2.76 bits per heavy atom. The highest BCUT2D eigenvalue weighted by Gasteiger charge is 2.54. The third-order valence-electron chi connectivity index (χ3n) is 6.94. The highest BCUT2D eigenvalue weighted by Crippen LogP contribution is 2.60. The predicted octanol–water partition coefficient (Wildman–Crippen LogP) is 4.01. The van der Waals surface area contributed by atoms with Crippen molar-refractivity contribution in [3.63, 3.8) is 0 Å². The first-order chi connectivity index (χ1) is 10.0. The summed E-state index contributed by atoms with van der Waals surface area (Å²) in [4.78, 5) is 24.4. The molecule has 0 aromatic heterocycles. The molecular weight excluding hydrogens is 260 g/mol. The van der Waals surface area contributed by atoms with Gasteiger partial charge in [0, 0.05) is 18.4 Å². The first-order valence-electron chi connectivity index (χ1n) is 8.47. The van der Waals surface area contributed by atoms with E-state index >= 15 is 0 Å². The maximum absolute atomic E-state index is 12.7. The highest BCUT2D eigenvalue weighted by molar-refractivity contribution is 6.05. The average molecular weight is 284 g/mol. The number of rotatable bonds is 0. The minimum Gasteiger partial charge on any atom is -0.295 e. The van der Waals surface area contributed by atoms with Crippen molar-refractivity contribution in [2.24, 2.45) is 23.2 Å². The van der Waals surface area contributed by atoms with Gasteiger partial charge in [0.15, 0.2) is 11.6 Å². The van der Waals surface area contributed by atoms with Crippen molar-refractivity contribution in [2.75, 3.05) is 0 Å². The molecule has 2 nitrogen and oxygen atoms in total. The smallest absolute Gasteiger partial charge is 0.159 e. The fraction of sp³-hybridized carbons (Fsp3) is 0.684. The number of hydrogen-bond acceptors (Lipinski definition) is 2. The molecular formula is C19H24O2. The molecule has 112 valence electrons. The number of hydrogen-bond donors (Lipinski definition) is 0. The number of carbonyl (C=O) groups excluding carboxylic acids is 2. The molecule has 0 N–H and O–H groups in total. The van der Waals surface area contributed by atoms with E-state index in [2.05, 4.69) is 13.8 Å². The van der Waals surface area contributed by atoms with Crippen molar-refractivity contribution < 1.29 is 9.59 Å². The van der Waals surface area contributed by atoms with E-state index in [-0.39, 0.29) is 17.0 Å². The molecule has 0 heterocycles. The van der Waals surface area contributed by atoms with E-state index in [4.69, 9.17) is 0 Å². The summed E-state index contributed by atoms with van der Waals surface area (Å²) in [6.07, 6.45) is 8.80. The Bertz CT molecular complexity index is 595. The molecule has 0 amide bonds. The lowest BCUT2D eigenvalue weighted by atomic mass is 9.50. The van der Waals surface area contributed by atoms with Crippen LogP contribution in [0.25, 0.3) is 0 Å². The summed E-state index contributed by atoms with van der Waals surface area (Å²) in [6.45, 7) is 4.54. The van der Waals surface area contributed by atoms with Gasteiger partial charge >= 0.3 is 0 Å². The van der Waals surface area contributed by atoms with Crippen LogP contribution in [0, 0.1) is 23.2 Å². The van der Waals surface area contributed by atoms with Crippen LogP contribution in [0.5, 0.6) is 0 Å². The molecule has 0 aliphatic heterocycles. The van der Waals surface area contributed by atoms with Gasteiger partial charge in [-0.15, -0.1) is 0 Å². The normalized spacial score (nSPS) is 42.4. The van der Waals surface area contributed by atoms with Crippen molar-refractivity contribution >= 4 is 11.6 Å². The second-order valence-electron chi connectivity index (χ2n) is 7.83. The minimum atomic E-state index is -0.0318. The molecule has 0 saturated heterocycles. The Morgan fingerprint density at radius 2 is 1.95 bits per heavy atom. The van der Waals surface area contributed by atoms with Crippen molar-refractivity contribution in [3.05, 3.63) is 22.8 Å². The zero-order chi connectivity index (χ0) is 14.8. The van der Waals surface area contributed by atoms with Crippen LogP contribution >= 0.6 is 0 Å². The van der Waals surface area contributed by atoms with E-state index in [1.807, 2.05) is 0 Å². The van der Waals surface area contributed by atoms with Crippen LogP contribution in [-0.2, 0) is 9.59 Å². The molecule has 2 saturated carbocycles. The van der Waals surface area contributed by atoms with Gasteiger partial charge in [0.1, 0.15) is 0 Å². The lowest BCUT2D eigenvalue weighted by molar-refractivity contribution is -0.126. The maximum Gasteiger partial charge on any atom is 0.159 e. The highest BCUT2D eigenvalue weighted by atomic mass is 16.1. The first kappa shape index (κ1) is 13.5. The van der Waals surface area contributed by atoms with E-state index in [0.29, 0.717) is 30.6 Å². The minimum absolute atomic E-state index is 0.0318. The second kappa shape index (κ2) is 4.41. The molecule has 2 fully saturated rings. The fourth-order valence-corrected chi connectivity index (χ4v) is 5.80. The molecule has 4 rings (SSSR count). The third-order valence-corrected chi connectivity index (χ3v) is 6.94. The average Bonchev–Trinajstić information content (AvgIpc) is 2.83. The summed E-state index contributed by atoms with van der Waals surface area (Å²) in [7, 11) is 0. The summed E-state index contributed by atoms with van der Waals surface area (Å²) < 4.78 is 0. The quantitative estimate of drug-likeness (QED) is 0.630. The van der Waals surface area contributed by atoms with E-state index in [1.165, 1.54) is 25.7 Å². The summed E-state index contributed by atoms with van der Waals surface area (Å²) in [5.74, 6) is 2.21. The SMILES string of the molecule is CC1=C2CCC3C(CC(=O)C4=CC(=O)CC[C@@]43C)C2CC1. The van der Waals surface area contributed by atoms with Crippen LogP contribution in [0.2, 0.25) is 0 Å². The fourth-order valence-electron chi connectivity index (χ4n) is 5.80. The lowest BCUT2D eigenvalue weighted by Gasteiger charge is -2.53. The van der Waals surface area contributed by atoms with Crippen molar-refractivity contribution in [2.45, 2.75) is 58.8 Å². The van der Waals surface area contributed by atoms with Gasteiger partial charge in [-0.2, -0.15) is 0 Å². The van der Waals surface area contributed by atoms with Gasteiger partial charge in [0.2, 0.25) is 0 Å². The molecule has 0 bridgehead atoms. The molecule has 2 heteroatoms. The van der Waals surface area contributed by atoms with Crippen molar-refractivity contribution in [1.82, 2.24) is 0 Å². The monoisotopic (exact) mass is 284 g/mol. The van der Waals surface area contributed by atoms with Crippen LogP contribution in [0.15, 0.2) is 22.8 Å². The zero-order valence-electron chi connectivity index (χ0n) is 13.1. The van der Waals surface area contributed by atoms with E-state index in [9.17, 15) is 9.59 Å². The molecule has 21 heavy (non-hydrogen) atoms. The number of ketones is 2. The van der Waals surface area contributed by atoms with Gasteiger partial charge in [0.25, 0.3) is 0 Å². The molecule has 0 aromatic carbocycles. The Balaban J connectivity index is 1.76. The van der Waals surface area contributed by atoms with Gasteiger partial charge in [-0.1, -0.05) is 18.1 Å². The van der Waals surface area contributed by atoms with Crippen molar-refractivity contribution in [1.29, 1.82) is 0 Å². The van der Waals surface area contributed by atoms with Crippen LogP contribution in [-0.4, -0.2) is 11.6 Å².